The van der Waals surface area contributed by atoms with E-state index in [0.717, 1.165) is 6.42 Å². The summed E-state index contributed by atoms with van der Waals surface area (Å²) in [5.41, 5.74) is 1.92. The maximum absolute atomic E-state index is 9.76. The van der Waals surface area contributed by atoms with E-state index in [2.05, 4.69) is 18.7 Å². The van der Waals surface area contributed by atoms with Crippen molar-refractivity contribution in [1.29, 1.82) is 0 Å². The molecule has 1 aromatic carbocycles. The number of aliphatic hydroxyl groups is 2. The van der Waals surface area contributed by atoms with E-state index in [1.807, 2.05) is 18.2 Å². The highest BCUT2D eigenvalue weighted by Gasteiger charge is 2.09. The summed E-state index contributed by atoms with van der Waals surface area (Å²) < 4.78 is 0. The quantitative estimate of drug-likeness (QED) is 0.722. The van der Waals surface area contributed by atoms with Crippen LogP contribution < -0.4 is 0 Å². The molecule has 0 aliphatic heterocycles. The summed E-state index contributed by atoms with van der Waals surface area (Å²) in [5, 5.41) is 19.0. The molecule has 0 aliphatic carbocycles. The second-order valence-electron chi connectivity index (χ2n) is 4.22. The highest BCUT2D eigenvalue weighted by molar-refractivity contribution is 5.14. The first-order valence-corrected chi connectivity index (χ1v) is 5.67. The standard InChI is InChI=1S/C14H20O2/c1-11(12(2)15)10-14(16)9-8-13-6-4-3-5-7-13/h3-7,12,14-16H,1,8-10H2,2H3/t12?,14-/m1/s1. The summed E-state index contributed by atoms with van der Waals surface area (Å²) in [6.07, 6.45) is 1.09. The Morgan fingerprint density at radius 2 is 1.88 bits per heavy atom. The number of hydrogen-bond donors (Lipinski definition) is 2. The predicted octanol–water partition coefficient (Wildman–Crippen LogP) is 2.31. The van der Waals surface area contributed by atoms with Crippen molar-refractivity contribution >= 4 is 0 Å². The Morgan fingerprint density at radius 3 is 2.44 bits per heavy atom. The Balaban J connectivity index is 2.30. The van der Waals surface area contributed by atoms with Gasteiger partial charge in [0.05, 0.1) is 12.2 Å². The minimum atomic E-state index is -0.536. The number of aliphatic hydroxyl groups excluding tert-OH is 2. The fourth-order valence-corrected chi connectivity index (χ4v) is 1.55. The molecular formula is C14H20O2. The predicted molar refractivity (Wildman–Crippen MR) is 66.2 cm³/mol. The Kier molecular flexibility index (Phi) is 5.23. The van der Waals surface area contributed by atoms with E-state index in [0.29, 0.717) is 18.4 Å². The van der Waals surface area contributed by atoms with Crippen LogP contribution in [0.15, 0.2) is 42.5 Å². The summed E-state index contributed by atoms with van der Waals surface area (Å²) in [6, 6.07) is 10.1. The molecule has 0 saturated heterocycles. The van der Waals surface area contributed by atoms with Crippen molar-refractivity contribution in [3.63, 3.8) is 0 Å². The maximum Gasteiger partial charge on any atom is 0.0720 e. The molecule has 2 heteroatoms. The summed E-state index contributed by atoms with van der Waals surface area (Å²) in [4.78, 5) is 0. The van der Waals surface area contributed by atoms with Crippen molar-refractivity contribution < 1.29 is 10.2 Å². The molecule has 0 saturated carbocycles. The third-order valence-corrected chi connectivity index (χ3v) is 2.70. The lowest BCUT2D eigenvalue weighted by Crippen LogP contribution is -2.14. The highest BCUT2D eigenvalue weighted by Crippen LogP contribution is 2.13. The van der Waals surface area contributed by atoms with Crippen molar-refractivity contribution in [2.45, 2.75) is 38.4 Å². The van der Waals surface area contributed by atoms with Crippen LogP contribution >= 0.6 is 0 Å². The SMILES string of the molecule is C=C(C[C@H](O)CCc1ccccc1)C(C)O. The van der Waals surface area contributed by atoms with Crippen LogP contribution in [0, 0.1) is 0 Å². The van der Waals surface area contributed by atoms with Crippen LogP contribution in [0.5, 0.6) is 0 Å². The first-order chi connectivity index (χ1) is 7.59. The van der Waals surface area contributed by atoms with Gasteiger partial charge < -0.3 is 10.2 Å². The molecular weight excluding hydrogens is 200 g/mol. The Bertz CT molecular complexity index is 317. The fraction of sp³-hybridized carbons (Fsp3) is 0.429. The molecule has 2 atom stereocenters. The third kappa shape index (κ3) is 4.60. The molecule has 0 aromatic heterocycles. The lowest BCUT2D eigenvalue weighted by atomic mass is 10.00. The van der Waals surface area contributed by atoms with Crippen molar-refractivity contribution in [3.8, 4) is 0 Å². The number of aryl methyl sites for hydroxylation is 1. The molecule has 0 radical (unpaired) electrons. The first-order valence-electron chi connectivity index (χ1n) is 5.67. The molecule has 2 N–H and O–H groups in total. The van der Waals surface area contributed by atoms with Crippen LogP contribution in [0.25, 0.3) is 0 Å². The monoisotopic (exact) mass is 220 g/mol. The van der Waals surface area contributed by atoms with Gasteiger partial charge in [0, 0.05) is 0 Å². The Labute approximate surface area is 97.2 Å². The molecule has 1 aromatic rings. The summed E-state index contributed by atoms with van der Waals surface area (Å²) in [7, 11) is 0. The molecule has 0 spiro atoms. The van der Waals surface area contributed by atoms with Gasteiger partial charge in [0.2, 0.25) is 0 Å². The van der Waals surface area contributed by atoms with Gasteiger partial charge in [-0.05, 0) is 37.3 Å². The second-order valence-corrected chi connectivity index (χ2v) is 4.22. The fourth-order valence-electron chi connectivity index (χ4n) is 1.55. The van der Waals surface area contributed by atoms with Gasteiger partial charge in [-0.1, -0.05) is 36.9 Å². The van der Waals surface area contributed by atoms with E-state index < -0.39 is 12.2 Å². The van der Waals surface area contributed by atoms with Crippen LogP contribution in [-0.2, 0) is 6.42 Å². The van der Waals surface area contributed by atoms with Crippen LogP contribution in [0.1, 0.15) is 25.3 Å². The zero-order chi connectivity index (χ0) is 12.0. The Hall–Kier alpha value is -1.12. The third-order valence-electron chi connectivity index (χ3n) is 2.70. The molecule has 0 heterocycles. The van der Waals surface area contributed by atoms with E-state index >= 15 is 0 Å². The second kappa shape index (κ2) is 6.46. The van der Waals surface area contributed by atoms with E-state index in [1.165, 1.54) is 5.56 Å². The van der Waals surface area contributed by atoms with Gasteiger partial charge in [-0.2, -0.15) is 0 Å². The zero-order valence-corrected chi connectivity index (χ0v) is 9.76. The largest absolute Gasteiger partial charge is 0.393 e. The first kappa shape index (κ1) is 12.9. The van der Waals surface area contributed by atoms with Gasteiger partial charge in [0.25, 0.3) is 0 Å². The number of hydrogen-bond acceptors (Lipinski definition) is 2. The van der Waals surface area contributed by atoms with Crippen LogP contribution in [0.3, 0.4) is 0 Å². The molecule has 0 aliphatic rings. The lowest BCUT2D eigenvalue weighted by Gasteiger charge is -2.14. The van der Waals surface area contributed by atoms with Gasteiger partial charge in [-0.25, -0.2) is 0 Å². The molecule has 1 rings (SSSR count). The van der Waals surface area contributed by atoms with Crippen molar-refractivity contribution in [1.82, 2.24) is 0 Å². The lowest BCUT2D eigenvalue weighted by molar-refractivity contribution is 0.149. The molecule has 2 nitrogen and oxygen atoms in total. The van der Waals surface area contributed by atoms with E-state index in [4.69, 9.17) is 0 Å². The number of benzene rings is 1. The van der Waals surface area contributed by atoms with Crippen molar-refractivity contribution in [2.75, 3.05) is 0 Å². The van der Waals surface area contributed by atoms with Crippen molar-refractivity contribution in [3.05, 3.63) is 48.0 Å². The molecule has 0 amide bonds. The van der Waals surface area contributed by atoms with Crippen LogP contribution in [0.2, 0.25) is 0 Å². The minimum absolute atomic E-state index is 0.415. The number of rotatable bonds is 6. The molecule has 88 valence electrons. The molecule has 16 heavy (non-hydrogen) atoms. The molecule has 0 fully saturated rings. The van der Waals surface area contributed by atoms with Crippen LogP contribution in [-0.4, -0.2) is 22.4 Å². The van der Waals surface area contributed by atoms with Crippen molar-refractivity contribution in [2.24, 2.45) is 0 Å². The smallest absolute Gasteiger partial charge is 0.0720 e. The summed E-state index contributed by atoms with van der Waals surface area (Å²) in [5.74, 6) is 0. The van der Waals surface area contributed by atoms with E-state index in [9.17, 15) is 10.2 Å². The van der Waals surface area contributed by atoms with E-state index in [1.54, 1.807) is 6.92 Å². The molecule has 1 unspecified atom stereocenters. The average molecular weight is 220 g/mol. The van der Waals surface area contributed by atoms with Gasteiger partial charge in [0.15, 0.2) is 0 Å². The average Bonchev–Trinajstić information content (AvgIpc) is 2.27. The van der Waals surface area contributed by atoms with Gasteiger partial charge in [-0.15, -0.1) is 0 Å². The topological polar surface area (TPSA) is 40.5 Å². The summed E-state index contributed by atoms with van der Waals surface area (Å²) in [6.45, 7) is 5.41. The molecule has 0 bridgehead atoms. The van der Waals surface area contributed by atoms with E-state index in [-0.39, 0.29) is 0 Å². The van der Waals surface area contributed by atoms with Crippen LogP contribution in [0.4, 0.5) is 0 Å². The van der Waals surface area contributed by atoms with Gasteiger partial charge in [-0.3, -0.25) is 0 Å². The maximum atomic E-state index is 9.76. The highest BCUT2D eigenvalue weighted by atomic mass is 16.3. The minimum Gasteiger partial charge on any atom is -0.393 e. The Morgan fingerprint density at radius 1 is 1.25 bits per heavy atom. The zero-order valence-electron chi connectivity index (χ0n) is 9.76. The summed E-state index contributed by atoms with van der Waals surface area (Å²) >= 11 is 0. The van der Waals surface area contributed by atoms with Gasteiger partial charge in [0.1, 0.15) is 0 Å². The normalized spacial score (nSPS) is 14.4. The van der Waals surface area contributed by atoms with Gasteiger partial charge >= 0.3 is 0 Å².